The van der Waals surface area contributed by atoms with Gasteiger partial charge in [0.1, 0.15) is 0 Å². The van der Waals surface area contributed by atoms with Gasteiger partial charge in [0.05, 0.1) is 19.1 Å². The van der Waals surface area contributed by atoms with Crippen LogP contribution in [0, 0.1) is 11.8 Å². The van der Waals surface area contributed by atoms with Crippen LogP contribution in [0.4, 0.5) is 0 Å². The molecule has 2 atom stereocenters. The van der Waals surface area contributed by atoms with Crippen molar-refractivity contribution in [2.24, 2.45) is 11.8 Å². The third kappa shape index (κ3) is 6.89. The van der Waals surface area contributed by atoms with Gasteiger partial charge in [-0.3, -0.25) is 4.79 Å². The number of carbonyl (C=O) groups is 1. The predicted octanol–water partition coefficient (Wildman–Crippen LogP) is 1.52. The zero-order valence-electron chi connectivity index (χ0n) is 11.9. The molecule has 2 unspecified atom stereocenters. The average molecular weight is 273 g/mol. The van der Waals surface area contributed by atoms with E-state index in [1.165, 1.54) is 0 Å². The molecule has 0 aromatic rings. The van der Waals surface area contributed by atoms with E-state index in [1.54, 1.807) is 7.11 Å². The van der Waals surface area contributed by atoms with E-state index in [2.05, 4.69) is 5.32 Å². The Hall–Kier alpha value is -0.650. The number of hydrogen-bond acceptors (Lipinski definition) is 4. The summed E-state index contributed by atoms with van der Waals surface area (Å²) in [5.41, 5.74) is 0. The van der Waals surface area contributed by atoms with Gasteiger partial charge in [-0.1, -0.05) is 12.8 Å². The maximum atomic E-state index is 11.1. The molecule has 5 nitrogen and oxygen atoms in total. The summed E-state index contributed by atoms with van der Waals surface area (Å²) in [6.45, 7) is 3.70. The van der Waals surface area contributed by atoms with Gasteiger partial charge in [-0.15, -0.1) is 0 Å². The topological polar surface area (TPSA) is 67.8 Å². The Bertz CT molecular complexity index is 248. The summed E-state index contributed by atoms with van der Waals surface area (Å²) in [5.74, 6) is -0.491. The summed E-state index contributed by atoms with van der Waals surface area (Å²) < 4.78 is 10.3. The van der Waals surface area contributed by atoms with Crippen molar-refractivity contribution in [3.63, 3.8) is 0 Å². The number of carboxylic acid groups (broad SMARTS) is 1. The van der Waals surface area contributed by atoms with Crippen LogP contribution in [0.1, 0.15) is 32.1 Å². The zero-order valence-corrected chi connectivity index (χ0v) is 11.9. The molecular formula is C14H27NO4. The van der Waals surface area contributed by atoms with Crippen LogP contribution in [0.5, 0.6) is 0 Å². The van der Waals surface area contributed by atoms with Crippen LogP contribution < -0.4 is 5.32 Å². The molecule has 1 fully saturated rings. The number of nitrogens with one attached hydrogen (secondary N) is 1. The standard InChI is InChI=1S/C14H27NO4/c1-18-9-10-19-8-4-7-15-11-12-5-2-3-6-13(12)14(16)17/h12-13,15H,2-11H2,1H3,(H,16,17). The first-order chi connectivity index (χ1) is 9.25. The van der Waals surface area contributed by atoms with Crippen LogP contribution in [0.15, 0.2) is 0 Å². The molecule has 0 spiro atoms. The molecule has 19 heavy (non-hydrogen) atoms. The van der Waals surface area contributed by atoms with Gasteiger partial charge in [0.25, 0.3) is 0 Å². The largest absolute Gasteiger partial charge is 0.481 e. The molecule has 0 radical (unpaired) electrons. The van der Waals surface area contributed by atoms with Gasteiger partial charge in [-0.2, -0.15) is 0 Å². The minimum absolute atomic E-state index is 0.154. The molecule has 1 rings (SSSR count). The van der Waals surface area contributed by atoms with Crippen molar-refractivity contribution < 1.29 is 19.4 Å². The van der Waals surface area contributed by atoms with Gasteiger partial charge < -0.3 is 19.9 Å². The highest BCUT2D eigenvalue weighted by Gasteiger charge is 2.30. The highest BCUT2D eigenvalue weighted by Crippen LogP contribution is 2.29. The van der Waals surface area contributed by atoms with E-state index in [9.17, 15) is 9.90 Å². The monoisotopic (exact) mass is 273 g/mol. The average Bonchev–Trinajstić information content (AvgIpc) is 2.42. The lowest BCUT2D eigenvalue weighted by molar-refractivity contribution is -0.144. The number of methoxy groups -OCH3 is 1. The summed E-state index contributed by atoms with van der Waals surface area (Å²) >= 11 is 0. The number of rotatable bonds is 10. The fourth-order valence-electron chi connectivity index (χ4n) is 2.61. The predicted molar refractivity (Wildman–Crippen MR) is 73.3 cm³/mol. The third-order valence-electron chi connectivity index (χ3n) is 3.71. The summed E-state index contributed by atoms with van der Waals surface area (Å²) in [7, 11) is 1.66. The van der Waals surface area contributed by atoms with Crippen molar-refractivity contribution in [2.75, 3.05) is 40.0 Å². The highest BCUT2D eigenvalue weighted by atomic mass is 16.5. The van der Waals surface area contributed by atoms with Crippen LogP contribution in [0.25, 0.3) is 0 Å². The van der Waals surface area contributed by atoms with Gasteiger partial charge in [0.2, 0.25) is 0 Å². The second-order valence-corrected chi connectivity index (χ2v) is 5.15. The van der Waals surface area contributed by atoms with E-state index >= 15 is 0 Å². The fraction of sp³-hybridized carbons (Fsp3) is 0.929. The fourth-order valence-corrected chi connectivity index (χ4v) is 2.61. The van der Waals surface area contributed by atoms with Crippen LogP contribution in [0.3, 0.4) is 0 Å². The molecule has 0 aromatic carbocycles. The van der Waals surface area contributed by atoms with Crippen molar-refractivity contribution in [2.45, 2.75) is 32.1 Å². The molecule has 0 heterocycles. The summed E-state index contributed by atoms with van der Waals surface area (Å²) in [5, 5.41) is 12.5. The summed E-state index contributed by atoms with van der Waals surface area (Å²) in [6.07, 6.45) is 5.04. The summed E-state index contributed by atoms with van der Waals surface area (Å²) in [4.78, 5) is 11.1. The van der Waals surface area contributed by atoms with Crippen LogP contribution in [0.2, 0.25) is 0 Å². The Morgan fingerprint density at radius 2 is 2.05 bits per heavy atom. The SMILES string of the molecule is COCCOCCCNCC1CCCCC1C(=O)O. The van der Waals surface area contributed by atoms with Crippen LogP contribution in [-0.4, -0.2) is 51.1 Å². The lowest BCUT2D eigenvalue weighted by Crippen LogP contribution is -2.35. The van der Waals surface area contributed by atoms with Crippen LogP contribution in [-0.2, 0) is 14.3 Å². The van der Waals surface area contributed by atoms with E-state index < -0.39 is 5.97 Å². The molecule has 112 valence electrons. The first kappa shape index (κ1) is 16.4. The van der Waals surface area contributed by atoms with Gasteiger partial charge >= 0.3 is 5.97 Å². The second-order valence-electron chi connectivity index (χ2n) is 5.15. The smallest absolute Gasteiger partial charge is 0.306 e. The number of hydrogen-bond donors (Lipinski definition) is 2. The second kappa shape index (κ2) is 10.2. The first-order valence-corrected chi connectivity index (χ1v) is 7.26. The Morgan fingerprint density at radius 1 is 1.26 bits per heavy atom. The number of aliphatic carboxylic acids is 1. The molecule has 1 aliphatic rings. The van der Waals surface area contributed by atoms with E-state index in [4.69, 9.17) is 9.47 Å². The minimum Gasteiger partial charge on any atom is -0.481 e. The minimum atomic E-state index is -0.630. The van der Waals surface area contributed by atoms with E-state index in [0.29, 0.717) is 19.1 Å². The molecule has 0 aromatic heterocycles. The first-order valence-electron chi connectivity index (χ1n) is 7.26. The van der Waals surface area contributed by atoms with Gasteiger partial charge in [0, 0.05) is 13.7 Å². The summed E-state index contributed by atoms with van der Waals surface area (Å²) in [6, 6.07) is 0. The molecule has 1 saturated carbocycles. The van der Waals surface area contributed by atoms with Gasteiger partial charge in [-0.05, 0) is 38.3 Å². The van der Waals surface area contributed by atoms with Crippen LogP contribution >= 0.6 is 0 Å². The van der Waals surface area contributed by atoms with Crippen molar-refractivity contribution in [3.05, 3.63) is 0 Å². The van der Waals surface area contributed by atoms with E-state index in [-0.39, 0.29) is 5.92 Å². The van der Waals surface area contributed by atoms with Gasteiger partial charge in [-0.25, -0.2) is 0 Å². The Labute approximate surface area is 115 Å². The van der Waals surface area contributed by atoms with Crippen molar-refractivity contribution in [1.82, 2.24) is 5.32 Å². The lowest BCUT2D eigenvalue weighted by Gasteiger charge is -2.28. The Morgan fingerprint density at radius 3 is 2.79 bits per heavy atom. The normalized spacial score (nSPS) is 23.4. The quantitative estimate of drug-likeness (QED) is 0.591. The molecule has 5 heteroatoms. The van der Waals surface area contributed by atoms with Crippen molar-refractivity contribution >= 4 is 5.97 Å². The number of carboxylic acids is 1. The molecule has 0 bridgehead atoms. The lowest BCUT2D eigenvalue weighted by atomic mass is 9.79. The molecular weight excluding hydrogens is 246 g/mol. The number of ether oxygens (including phenoxy) is 2. The third-order valence-corrected chi connectivity index (χ3v) is 3.71. The Balaban J connectivity index is 2.02. The maximum absolute atomic E-state index is 11.1. The van der Waals surface area contributed by atoms with Gasteiger partial charge in [0.15, 0.2) is 0 Å². The highest BCUT2D eigenvalue weighted by molar-refractivity contribution is 5.70. The molecule has 0 aliphatic heterocycles. The zero-order chi connectivity index (χ0) is 13.9. The molecule has 2 N–H and O–H groups in total. The van der Waals surface area contributed by atoms with E-state index in [0.717, 1.165) is 51.8 Å². The molecule has 0 amide bonds. The van der Waals surface area contributed by atoms with E-state index in [1.807, 2.05) is 0 Å². The van der Waals surface area contributed by atoms with Crippen molar-refractivity contribution in [3.8, 4) is 0 Å². The molecule has 1 aliphatic carbocycles. The van der Waals surface area contributed by atoms with Crippen molar-refractivity contribution in [1.29, 1.82) is 0 Å². The maximum Gasteiger partial charge on any atom is 0.306 e. The Kier molecular flexibility index (Phi) is 8.79. The molecule has 0 saturated heterocycles.